The van der Waals surface area contributed by atoms with E-state index in [9.17, 15) is 21.6 Å². The topological polar surface area (TPSA) is 101 Å². The maximum Gasteiger partial charge on any atom is 0.534 e. The van der Waals surface area contributed by atoms with Crippen molar-refractivity contribution in [1.29, 1.82) is 0 Å². The van der Waals surface area contributed by atoms with Crippen LogP contribution in [0.1, 0.15) is 22.8 Å². The number of aromatic nitrogens is 4. The minimum absolute atomic E-state index is 0.0960. The summed E-state index contributed by atoms with van der Waals surface area (Å²) in [6.07, 6.45) is 4.48. The fraction of sp³-hybridized carbons (Fsp3) is 0.0476. The fourth-order valence-corrected chi connectivity index (χ4v) is 3.69. The van der Waals surface area contributed by atoms with Crippen molar-refractivity contribution >= 4 is 56.2 Å². The van der Waals surface area contributed by atoms with Crippen molar-refractivity contribution in [3.05, 3.63) is 71.3 Å². The summed E-state index contributed by atoms with van der Waals surface area (Å²) in [6, 6.07) is 14.0. The first-order chi connectivity index (χ1) is 15.1. The molecule has 2 aliphatic heterocycles. The van der Waals surface area contributed by atoms with Gasteiger partial charge in [-0.25, -0.2) is 9.97 Å². The number of hydrogen-bond acceptors (Lipinski definition) is 5. The molecule has 3 aromatic rings. The third-order valence-electron chi connectivity index (χ3n) is 4.61. The Morgan fingerprint density at radius 1 is 0.750 bits per heavy atom. The lowest BCUT2D eigenvalue weighted by Crippen LogP contribution is -2.24. The second kappa shape index (κ2) is 7.09. The highest BCUT2D eigenvalue weighted by molar-refractivity contribution is 7.87. The van der Waals surface area contributed by atoms with Crippen molar-refractivity contribution < 1.29 is 25.8 Å². The number of alkyl halides is 3. The van der Waals surface area contributed by atoms with Gasteiger partial charge in [-0.1, -0.05) is 0 Å². The molecule has 0 saturated carbocycles. The number of rotatable bonds is 2. The zero-order valence-corrected chi connectivity index (χ0v) is 16.8. The summed E-state index contributed by atoms with van der Waals surface area (Å²) in [5.41, 5.74) is -1.42. The first-order valence-corrected chi connectivity index (χ1v) is 10.6. The van der Waals surface area contributed by atoms with Crippen LogP contribution < -0.4 is 0 Å². The van der Waals surface area contributed by atoms with E-state index in [4.69, 9.17) is 0 Å². The second-order valence-corrected chi connectivity index (χ2v) is 8.56. The van der Waals surface area contributed by atoms with Gasteiger partial charge in [-0.2, -0.15) is 21.6 Å². The van der Waals surface area contributed by atoms with Gasteiger partial charge in [-0.05, 0) is 60.7 Å². The van der Waals surface area contributed by atoms with Crippen LogP contribution >= 0.6 is 0 Å². The van der Waals surface area contributed by atoms with Gasteiger partial charge in [0.2, 0.25) is 0 Å². The molecule has 0 spiro atoms. The Balaban J connectivity index is 1.74. The molecule has 0 fully saturated rings. The van der Waals surface area contributed by atoms with Crippen LogP contribution in [0.25, 0.3) is 46.1 Å². The molecule has 2 aliphatic rings. The number of aromatic amines is 2. The largest absolute Gasteiger partial charge is 0.534 e. The first-order valence-electron chi connectivity index (χ1n) is 9.24. The number of H-pyrrole nitrogens is 2. The Morgan fingerprint density at radius 3 is 1.88 bits per heavy atom. The molecule has 162 valence electrons. The van der Waals surface area contributed by atoms with Crippen LogP contribution in [-0.4, -0.2) is 33.9 Å². The molecule has 0 amide bonds. The Labute approximate surface area is 179 Å². The third kappa shape index (κ3) is 3.89. The van der Waals surface area contributed by atoms with Crippen molar-refractivity contribution in [1.82, 2.24) is 19.9 Å². The van der Waals surface area contributed by atoms with E-state index >= 15 is 0 Å². The molecule has 8 bridgehead atoms. The van der Waals surface area contributed by atoms with E-state index < -0.39 is 21.4 Å². The Morgan fingerprint density at radius 2 is 1.28 bits per heavy atom. The van der Waals surface area contributed by atoms with E-state index in [1.807, 2.05) is 24.3 Å². The van der Waals surface area contributed by atoms with E-state index in [1.165, 1.54) is 6.07 Å². The molecule has 5 heterocycles. The van der Waals surface area contributed by atoms with E-state index in [-0.39, 0.29) is 11.4 Å². The SMILES string of the molecule is O=S(=O)(OC1=Cc2cc3ccc(cc4ccc(cc5nc(cc1n2)C=C5)[nH]4)[nH]3)C(F)(F)F. The van der Waals surface area contributed by atoms with Crippen LogP contribution in [-0.2, 0) is 14.3 Å². The highest BCUT2D eigenvalue weighted by atomic mass is 32.2. The van der Waals surface area contributed by atoms with E-state index in [1.54, 1.807) is 30.4 Å². The summed E-state index contributed by atoms with van der Waals surface area (Å²) in [5, 5.41) is 0. The smallest absolute Gasteiger partial charge is 0.374 e. The quantitative estimate of drug-likeness (QED) is 0.330. The molecule has 32 heavy (non-hydrogen) atoms. The minimum atomic E-state index is -5.86. The lowest BCUT2D eigenvalue weighted by Gasteiger charge is -2.09. The predicted octanol–water partition coefficient (Wildman–Crippen LogP) is 4.85. The third-order valence-corrected chi connectivity index (χ3v) is 5.58. The number of fused-ring (bicyclic) bond motifs is 8. The molecule has 5 rings (SSSR count). The van der Waals surface area contributed by atoms with Crippen LogP contribution in [0.2, 0.25) is 0 Å². The number of hydrogen-bond donors (Lipinski definition) is 2. The summed E-state index contributed by atoms with van der Waals surface area (Å²) in [7, 11) is -5.86. The van der Waals surface area contributed by atoms with Crippen LogP contribution in [0.4, 0.5) is 13.2 Å². The molecule has 11 heteroatoms. The van der Waals surface area contributed by atoms with Gasteiger partial charge in [0.1, 0.15) is 5.69 Å². The van der Waals surface area contributed by atoms with Gasteiger partial charge in [-0.15, -0.1) is 0 Å². The van der Waals surface area contributed by atoms with Crippen LogP contribution in [0, 0.1) is 0 Å². The molecule has 3 aromatic heterocycles. The molecule has 0 atom stereocenters. The van der Waals surface area contributed by atoms with Crippen molar-refractivity contribution in [3.8, 4) is 0 Å². The van der Waals surface area contributed by atoms with E-state index in [0.29, 0.717) is 16.9 Å². The predicted molar refractivity (Wildman–Crippen MR) is 114 cm³/mol. The van der Waals surface area contributed by atoms with Crippen LogP contribution in [0.3, 0.4) is 0 Å². The molecule has 2 N–H and O–H groups in total. The fourth-order valence-electron chi connectivity index (χ4n) is 3.22. The highest BCUT2D eigenvalue weighted by Crippen LogP contribution is 2.32. The molecule has 7 nitrogen and oxygen atoms in total. The highest BCUT2D eigenvalue weighted by Gasteiger charge is 2.49. The average molecular weight is 458 g/mol. The summed E-state index contributed by atoms with van der Waals surface area (Å²) >= 11 is 0. The standard InChI is InChI=1S/C21H13F3N4O3S/c22-21(23,24)32(29,30)31-20-11-18-9-16-4-3-14(26-16)7-12-1-2-13(25-12)8-15-5-6-17(27-15)10-19(20)28-18/h1-11,25-26H. The average Bonchev–Trinajstić information content (AvgIpc) is 3.46. The van der Waals surface area contributed by atoms with Gasteiger partial charge in [0.25, 0.3) is 0 Å². The maximum atomic E-state index is 12.8. The molecular weight excluding hydrogens is 445 g/mol. The molecule has 0 aliphatic carbocycles. The zero-order valence-electron chi connectivity index (χ0n) is 16.0. The number of nitrogens with one attached hydrogen (secondary N) is 2. The van der Waals surface area contributed by atoms with Crippen molar-refractivity contribution in [2.24, 2.45) is 0 Å². The van der Waals surface area contributed by atoms with Crippen molar-refractivity contribution in [3.63, 3.8) is 0 Å². The van der Waals surface area contributed by atoms with Gasteiger partial charge in [0.15, 0.2) is 5.76 Å². The number of nitrogens with zero attached hydrogens (tertiary/aromatic N) is 2. The molecule has 0 aromatic carbocycles. The van der Waals surface area contributed by atoms with E-state index in [2.05, 4.69) is 24.1 Å². The van der Waals surface area contributed by atoms with E-state index in [0.717, 1.165) is 22.6 Å². The monoisotopic (exact) mass is 458 g/mol. The lowest BCUT2D eigenvalue weighted by atomic mass is 10.3. The Bertz CT molecular complexity index is 1560. The Hall–Kier alpha value is -3.86. The second-order valence-electron chi connectivity index (χ2n) is 7.02. The van der Waals surface area contributed by atoms with Gasteiger partial charge in [0, 0.05) is 28.1 Å². The molecule has 0 unspecified atom stereocenters. The van der Waals surface area contributed by atoms with Crippen molar-refractivity contribution in [2.45, 2.75) is 5.51 Å². The normalized spacial score (nSPS) is 13.8. The van der Waals surface area contributed by atoms with Crippen LogP contribution in [0.15, 0.2) is 48.5 Å². The maximum absolute atomic E-state index is 12.8. The van der Waals surface area contributed by atoms with Crippen molar-refractivity contribution in [2.75, 3.05) is 0 Å². The number of halogens is 3. The summed E-state index contributed by atoms with van der Waals surface area (Å²) in [4.78, 5) is 15.0. The van der Waals surface area contributed by atoms with Gasteiger partial charge < -0.3 is 14.2 Å². The molecule has 0 saturated heterocycles. The summed E-state index contributed by atoms with van der Waals surface area (Å²) in [5.74, 6) is -0.543. The minimum Gasteiger partial charge on any atom is -0.374 e. The van der Waals surface area contributed by atoms with Gasteiger partial charge in [0.05, 0.1) is 17.1 Å². The molecular formula is C21H13F3N4O3S. The van der Waals surface area contributed by atoms with Gasteiger partial charge in [-0.3, -0.25) is 0 Å². The Kier molecular flexibility index (Phi) is 4.45. The summed E-state index contributed by atoms with van der Waals surface area (Å²) < 4.78 is 66.0. The zero-order chi connectivity index (χ0) is 22.5. The lowest BCUT2D eigenvalue weighted by molar-refractivity contribution is -0.0509. The van der Waals surface area contributed by atoms with Gasteiger partial charge >= 0.3 is 15.6 Å². The van der Waals surface area contributed by atoms with Crippen LogP contribution in [0.5, 0.6) is 0 Å². The molecule has 0 radical (unpaired) electrons. The summed E-state index contributed by atoms with van der Waals surface area (Å²) in [6.45, 7) is 0. The first kappa shape index (κ1) is 20.1.